The molecule has 0 saturated heterocycles. The number of aromatic amines is 1. The molecule has 4 nitrogen and oxygen atoms in total. The minimum absolute atomic E-state index is 0.0312. The van der Waals surface area contributed by atoms with Gasteiger partial charge in [0, 0.05) is 24.4 Å². The first-order valence-corrected chi connectivity index (χ1v) is 9.64. The lowest BCUT2D eigenvalue weighted by molar-refractivity contribution is -0.126. The summed E-state index contributed by atoms with van der Waals surface area (Å²) in [6, 6.07) is 14.6. The molecule has 140 valence electrons. The number of amides is 1. The van der Waals surface area contributed by atoms with E-state index in [2.05, 4.69) is 15.3 Å². The number of rotatable bonds is 5. The minimum atomic E-state index is -0.271. The van der Waals surface area contributed by atoms with Gasteiger partial charge in [0.1, 0.15) is 11.6 Å². The normalized spacial score (nSPS) is 19.9. The van der Waals surface area contributed by atoms with Crippen molar-refractivity contribution in [3.05, 3.63) is 65.7 Å². The highest BCUT2D eigenvalue weighted by Gasteiger charge is 2.27. The Morgan fingerprint density at radius 1 is 1.07 bits per heavy atom. The van der Waals surface area contributed by atoms with Crippen LogP contribution in [0.5, 0.6) is 0 Å². The molecule has 0 bridgehead atoms. The highest BCUT2D eigenvalue weighted by atomic mass is 19.1. The number of fused-ring (bicyclic) bond motifs is 1. The molecule has 1 aromatic heterocycles. The van der Waals surface area contributed by atoms with Crippen molar-refractivity contribution in [1.82, 2.24) is 15.3 Å². The summed E-state index contributed by atoms with van der Waals surface area (Å²) in [5, 5.41) is 2.89. The predicted octanol–water partition coefficient (Wildman–Crippen LogP) is 4.37. The van der Waals surface area contributed by atoms with Crippen molar-refractivity contribution in [2.24, 2.45) is 11.8 Å². The van der Waals surface area contributed by atoms with Gasteiger partial charge >= 0.3 is 0 Å². The van der Waals surface area contributed by atoms with Crippen LogP contribution in [0.1, 0.15) is 37.1 Å². The molecule has 1 heterocycles. The number of H-pyrrole nitrogens is 1. The quantitative estimate of drug-likeness (QED) is 0.705. The number of benzene rings is 2. The second-order valence-corrected chi connectivity index (χ2v) is 7.43. The Labute approximate surface area is 158 Å². The largest absolute Gasteiger partial charge is 0.352 e. The third-order valence-corrected chi connectivity index (χ3v) is 5.55. The van der Waals surface area contributed by atoms with Gasteiger partial charge in [-0.1, -0.05) is 30.3 Å². The lowest BCUT2D eigenvalue weighted by Crippen LogP contribution is -2.33. The van der Waals surface area contributed by atoms with Crippen molar-refractivity contribution in [3.63, 3.8) is 0 Å². The highest BCUT2D eigenvalue weighted by Crippen LogP contribution is 2.31. The van der Waals surface area contributed by atoms with Crippen LogP contribution in [-0.4, -0.2) is 15.9 Å². The molecular weight excluding hydrogens is 341 g/mol. The van der Waals surface area contributed by atoms with Crippen LogP contribution in [0.3, 0.4) is 0 Å². The van der Waals surface area contributed by atoms with E-state index in [1.807, 2.05) is 24.3 Å². The maximum atomic E-state index is 13.7. The molecule has 27 heavy (non-hydrogen) atoms. The van der Waals surface area contributed by atoms with Gasteiger partial charge < -0.3 is 10.3 Å². The molecule has 2 aromatic carbocycles. The summed E-state index contributed by atoms with van der Waals surface area (Å²) < 4.78 is 13.7. The van der Waals surface area contributed by atoms with E-state index in [-0.39, 0.29) is 24.2 Å². The van der Waals surface area contributed by atoms with E-state index in [0.717, 1.165) is 49.0 Å². The maximum absolute atomic E-state index is 13.7. The van der Waals surface area contributed by atoms with E-state index in [1.165, 1.54) is 6.07 Å². The van der Waals surface area contributed by atoms with Crippen LogP contribution in [0.2, 0.25) is 0 Å². The summed E-state index contributed by atoms with van der Waals surface area (Å²) in [6.07, 6.45) is 4.74. The number of nitrogens with one attached hydrogen (secondary N) is 2. The first-order valence-electron chi connectivity index (χ1n) is 9.64. The van der Waals surface area contributed by atoms with Crippen molar-refractivity contribution in [1.29, 1.82) is 0 Å². The standard InChI is InChI=1S/C22H24FN3O/c23-18-6-2-1-5-17(18)14-24-22(27)16-11-9-15(10-12-16)13-21-25-19-7-3-4-8-20(19)26-21/h1-8,15-16H,9-14H2,(H,24,27)(H,25,26)/t15-,16+. The first kappa shape index (κ1) is 17.7. The number of halogens is 1. The summed E-state index contributed by atoms with van der Waals surface area (Å²) in [7, 11) is 0. The number of aromatic nitrogens is 2. The molecule has 1 aliphatic carbocycles. The molecule has 4 rings (SSSR count). The van der Waals surface area contributed by atoms with Crippen LogP contribution in [0.4, 0.5) is 4.39 Å². The van der Waals surface area contributed by atoms with Crippen LogP contribution in [0, 0.1) is 17.7 Å². The Bertz CT molecular complexity index is 895. The monoisotopic (exact) mass is 365 g/mol. The van der Waals surface area contributed by atoms with Crippen LogP contribution in [-0.2, 0) is 17.8 Å². The predicted molar refractivity (Wildman–Crippen MR) is 103 cm³/mol. The van der Waals surface area contributed by atoms with E-state index >= 15 is 0 Å². The summed E-state index contributed by atoms with van der Waals surface area (Å²) in [5.74, 6) is 1.39. The molecule has 5 heteroatoms. The second kappa shape index (κ2) is 7.91. The molecular formula is C22H24FN3O. The molecule has 0 aliphatic heterocycles. The van der Waals surface area contributed by atoms with E-state index in [9.17, 15) is 9.18 Å². The lowest BCUT2D eigenvalue weighted by Gasteiger charge is -2.27. The third-order valence-electron chi connectivity index (χ3n) is 5.55. The van der Waals surface area contributed by atoms with Crippen LogP contribution < -0.4 is 5.32 Å². The number of carbonyl (C=O) groups excluding carboxylic acids is 1. The molecule has 3 aromatic rings. The molecule has 1 fully saturated rings. The minimum Gasteiger partial charge on any atom is -0.352 e. The molecule has 1 amide bonds. The van der Waals surface area contributed by atoms with Gasteiger partial charge in [-0.25, -0.2) is 9.37 Å². The number of nitrogens with zero attached hydrogens (tertiary/aromatic N) is 1. The Morgan fingerprint density at radius 3 is 2.59 bits per heavy atom. The van der Waals surface area contributed by atoms with E-state index in [1.54, 1.807) is 18.2 Å². The topological polar surface area (TPSA) is 57.8 Å². The average molecular weight is 365 g/mol. The van der Waals surface area contributed by atoms with Crippen molar-refractivity contribution >= 4 is 16.9 Å². The number of carbonyl (C=O) groups is 1. The maximum Gasteiger partial charge on any atom is 0.223 e. The van der Waals surface area contributed by atoms with Gasteiger partial charge in [-0.2, -0.15) is 0 Å². The molecule has 0 unspecified atom stereocenters. The zero-order chi connectivity index (χ0) is 18.6. The lowest BCUT2D eigenvalue weighted by atomic mass is 9.80. The fourth-order valence-corrected chi connectivity index (χ4v) is 3.97. The van der Waals surface area contributed by atoms with Crippen molar-refractivity contribution in [2.75, 3.05) is 0 Å². The fraction of sp³-hybridized carbons (Fsp3) is 0.364. The smallest absolute Gasteiger partial charge is 0.223 e. The average Bonchev–Trinajstić information content (AvgIpc) is 3.10. The van der Waals surface area contributed by atoms with Gasteiger partial charge in [-0.3, -0.25) is 4.79 Å². The third kappa shape index (κ3) is 4.18. The SMILES string of the molecule is O=C(NCc1ccccc1F)[C@H]1CC[C@@H](Cc2nc3ccccc3[nH]2)CC1. The molecule has 0 radical (unpaired) electrons. The molecule has 1 aliphatic rings. The summed E-state index contributed by atoms with van der Waals surface area (Å²) >= 11 is 0. The Hall–Kier alpha value is -2.69. The van der Waals surface area contributed by atoms with E-state index < -0.39 is 0 Å². The molecule has 1 saturated carbocycles. The van der Waals surface area contributed by atoms with Crippen LogP contribution in [0.15, 0.2) is 48.5 Å². The van der Waals surface area contributed by atoms with Gasteiger partial charge in [-0.05, 0) is 49.8 Å². The van der Waals surface area contributed by atoms with Crippen molar-refractivity contribution < 1.29 is 9.18 Å². The van der Waals surface area contributed by atoms with E-state index in [0.29, 0.717) is 11.5 Å². The van der Waals surface area contributed by atoms with E-state index in [4.69, 9.17) is 0 Å². The number of hydrogen-bond donors (Lipinski definition) is 2. The Kier molecular flexibility index (Phi) is 5.19. The summed E-state index contributed by atoms with van der Waals surface area (Å²) in [6.45, 7) is 0.254. The van der Waals surface area contributed by atoms with Gasteiger partial charge in [0.25, 0.3) is 0 Å². The van der Waals surface area contributed by atoms with Gasteiger partial charge in [-0.15, -0.1) is 0 Å². The number of para-hydroxylation sites is 2. The summed E-state index contributed by atoms with van der Waals surface area (Å²) in [5.41, 5.74) is 2.62. The van der Waals surface area contributed by atoms with Crippen molar-refractivity contribution in [2.45, 2.75) is 38.6 Å². The zero-order valence-corrected chi connectivity index (χ0v) is 15.2. The number of imidazole rings is 1. The van der Waals surface area contributed by atoms with Gasteiger partial charge in [0.2, 0.25) is 5.91 Å². The second-order valence-electron chi connectivity index (χ2n) is 7.43. The first-order chi connectivity index (χ1) is 13.2. The highest BCUT2D eigenvalue weighted by molar-refractivity contribution is 5.78. The summed E-state index contributed by atoms with van der Waals surface area (Å²) in [4.78, 5) is 20.5. The van der Waals surface area contributed by atoms with Crippen molar-refractivity contribution in [3.8, 4) is 0 Å². The molecule has 0 atom stereocenters. The Morgan fingerprint density at radius 2 is 1.81 bits per heavy atom. The molecule has 2 N–H and O–H groups in total. The van der Waals surface area contributed by atoms with Crippen LogP contribution in [0.25, 0.3) is 11.0 Å². The number of hydrogen-bond acceptors (Lipinski definition) is 2. The zero-order valence-electron chi connectivity index (χ0n) is 15.2. The molecule has 0 spiro atoms. The van der Waals surface area contributed by atoms with Gasteiger partial charge in [0.15, 0.2) is 0 Å². The Balaban J connectivity index is 1.27. The van der Waals surface area contributed by atoms with Crippen LogP contribution >= 0.6 is 0 Å². The van der Waals surface area contributed by atoms with Gasteiger partial charge in [0.05, 0.1) is 11.0 Å². The fourth-order valence-electron chi connectivity index (χ4n) is 3.97.